The molecule has 136 valence electrons. The molecule has 0 aliphatic carbocycles. The molecule has 1 fully saturated rings. The number of hydrogen-bond donors (Lipinski definition) is 0. The molecule has 0 N–H and O–H groups in total. The molecule has 0 saturated carbocycles. The summed E-state index contributed by atoms with van der Waals surface area (Å²) in [4.78, 5) is 14.9. The number of carbonyl (C=O) groups excluding carboxylic acids is 1. The summed E-state index contributed by atoms with van der Waals surface area (Å²) in [5.74, 6) is 0.217. The highest BCUT2D eigenvalue weighted by Crippen LogP contribution is 2.21. The number of rotatable bonds is 6. The number of benzene rings is 1. The molecule has 1 aromatic carbocycles. The Hall–Kier alpha value is -2.70. The molecule has 26 heavy (non-hydrogen) atoms. The average Bonchev–Trinajstić information content (AvgIpc) is 3.34. The van der Waals surface area contributed by atoms with Crippen LogP contribution >= 0.6 is 0 Å². The Morgan fingerprint density at radius 1 is 1.15 bits per heavy atom. The van der Waals surface area contributed by atoms with E-state index in [4.69, 9.17) is 0 Å². The number of carbonyl (C=O) groups is 1. The molecule has 2 aromatic heterocycles. The summed E-state index contributed by atoms with van der Waals surface area (Å²) in [5.41, 5.74) is 1.85. The molecular formula is C19H24N6O. The second-order valence-corrected chi connectivity index (χ2v) is 6.85. The molecule has 1 amide bonds. The number of hydrogen-bond acceptors (Lipinski definition) is 4. The minimum atomic E-state index is 0.217. The Morgan fingerprint density at radius 3 is 2.96 bits per heavy atom. The summed E-state index contributed by atoms with van der Waals surface area (Å²) in [5, 5.41) is 12.6. The van der Waals surface area contributed by atoms with E-state index in [-0.39, 0.29) is 5.91 Å². The van der Waals surface area contributed by atoms with E-state index >= 15 is 0 Å². The highest BCUT2D eigenvalue weighted by Gasteiger charge is 2.26. The van der Waals surface area contributed by atoms with Crippen molar-refractivity contribution in [2.24, 2.45) is 0 Å². The molecule has 1 saturated heterocycles. The van der Waals surface area contributed by atoms with Crippen LogP contribution in [0.25, 0.3) is 11.0 Å². The minimum absolute atomic E-state index is 0.217. The van der Waals surface area contributed by atoms with E-state index in [1.165, 1.54) is 6.42 Å². The van der Waals surface area contributed by atoms with Crippen molar-refractivity contribution in [3.8, 4) is 0 Å². The molecule has 3 heterocycles. The molecule has 0 radical (unpaired) electrons. The Balaban J connectivity index is 1.37. The van der Waals surface area contributed by atoms with Gasteiger partial charge in [0.15, 0.2) is 0 Å². The van der Waals surface area contributed by atoms with Gasteiger partial charge in [0.2, 0.25) is 5.91 Å². The van der Waals surface area contributed by atoms with Gasteiger partial charge in [0, 0.05) is 37.9 Å². The molecular weight excluding hydrogens is 328 g/mol. The molecule has 0 spiro atoms. The lowest BCUT2D eigenvalue weighted by Crippen LogP contribution is -2.44. The SMILES string of the molecule is O=C(CCn1nnc2ccccc21)N1CCCC[C@H]1CCn1cccn1. The average molecular weight is 352 g/mol. The number of likely N-dealkylation sites (tertiary alicyclic amines) is 1. The van der Waals surface area contributed by atoms with Crippen LogP contribution in [0.1, 0.15) is 32.1 Å². The quantitative estimate of drug-likeness (QED) is 0.683. The monoisotopic (exact) mass is 352 g/mol. The second-order valence-electron chi connectivity index (χ2n) is 6.85. The van der Waals surface area contributed by atoms with Gasteiger partial charge < -0.3 is 4.90 Å². The van der Waals surface area contributed by atoms with Gasteiger partial charge in [-0.05, 0) is 43.9 Å². The van der Waals surface area contributed by atoms with Gasteiger partial charge in [-0.1, -0.05) is 17.3 Å². The fourth-order valence-corrected chi connectivity index (χ4v) is 3.77. The lowest BCUT2D eigenvalue weighted by molar-refractivity contribution is -0.135. The Labute approximate surface area is 152 Å². The first-order valence-electron chi connectivity index (χ1n) is 9.36. The first-order valence-corrected chi connectivity index (χ1v) is 9.36. The van der Waals surface area contributed by atoms with Crippen LogP contribution in [0.3, 0.4) is 0 Å². The first-order chi connectivity index (χ1) is 12.8. The van der Waals surface area contributed by atoms with Crippen LogP contribution in [0, 0.1) is 0 Å². The van der Waals surface area contributed by atoms with Crippen molar-refractivity contribution in [1.29, 1.82) is 0 Å². The summed E-state index contributed by atoms with van der Waals surface area (Å²) in [7, 11) is 0. The maximum atomic E-state index is 12.8. The van der Waals surface area contributed by atoms with Crippen LogP contribution in [-0.4, -0.2) is 48.2 Å². The highest BCUT2D eigenvalue weighted by atomic mass is 16.2. The van der Waals surface area contributed by atoms with Gasteiger partial charge in [0.05, 0.1) is 12.1 Å². The number of piperidine rings is 1. The van der Waals surface area contributed by atoms with Crippen molar-refractivity contribution >= 4 is 16.9 Å². The third-order valence-corrected chi connectivity index (χ3v) is 5.16. The van der Waals surface area contributed by atoms with Crippen molar-refractivity contribution in [2.75, 3.05) is 6.54 Å². The van der Waals surface area contributed by atoms with Gasteiger partial charge in [-0.15, -0.1) is 5.10 Å². The van der Waals surface area contributed by atoms with Gasteiger partial charge in [-0.3, -0.25) is 9.48 Å². The van der Waals surface area contributed by atoms with E-state index in [9.17, 15) is 4.79 Å². The summed E-state index contributed by atoms with van der Waals surface area (Å²) >= 11 is 0. The topological polar surface area (TPSA) is 68.8 Å². The molecule has 7 heteroatoms. The Bertz CT molecular complexity index is 856. The van der Waals surface area contributed by atoms with Crippen LogP contribution in [0.15, 0.2) is 42.7 Å². The van der Waals surface area contributed by atoms with Crippen LogP contribution in [0.4, 0.5) is 0 Å². The Morgan fingerprint density at radius 2 is 2.08 bits per heavy atom. The zero-order valence-electron chi connectivity index (χ0n) is 14.9. The predicted molar refractivity (Wildman–Crippen MR) is 98.3 cm³/mol. The number of aromatic nitrogens is 5. The van der Waals surface area contributed by atoms with E-state index in [0.717, 1.165) is 43.4 Å². The van der Waals surface area contributed by atoms with Crippen LogP contribution < -0.4 is 0 Å². The zero-order chi connectivity index (χ0) is 17.8. The van der Waals surface area contributed by atoms with E-state index in [0.29, 0.717) is 19.0 Å². The summed E-state index contributed by atoms with van der Waals surface area (Å²) < 4.78 is 3.77. The number of aryl methyl sites for hydroxylation is 2. The molecule has 1 aliphatic rings. The highest BCUT2D eigenvalue weighted by molar-refractivity contribution is 5.77. The van der Waals surface area contributed by atoms with Crippen molar-refractivity contribution < 1.29 is 4.79 Å². The second kappa shape index (κ2) is 7.68. The lowest BCUT2D eigenvalue weighted by Gasteiger charge is -2.36. The molecule has 3 aromatic rings. The van der Waals surface area contributed by atoms with Gasteiger partial charge in [0.1, 0.15) is 5.52 Å². The van der Waals surface area contributed by atoms with Crippen LogP contribution in [0.2, 0.25) is 0 Å². The van der Waals surface area contributed by atoms with Crippen molar-refractivity contribution in [2.45, 2.75) is 51.2 Å². The van der Waals surface area contributed by atoms with Gasteiger partial charge in [-0.25, -0.2) is 4.68 Å². The molecule has 4 rings (SSSR count). The van der Waals surface area contributed by atoms with Crippen LogP contribution in [0.5, 0.6) is 0 Å². The van der Waals surface area contributed by atoms with Gasteiger partial charge in [0.25, 0.3) is 0 Å². The third kappa shape index (κ3) is 3.61. The summed E-state index contributed by atoms with van der Waals surface area (Å²) in [6.07, 6.45) is 8.57. The normalized spacial score (nSPS) is 17.7. The van der Waals surface area contributed by atoms with E-state index in [2.05, 4.69) is 20.3 Å². The van der Waals surface area contributed by atoms with Gasteiger partial charge >= 0.3 is 0 Å². The molecule has 0 unspecified atom stereocenters. The fourth-order valence-electron chi connectivity index (χ4n) is 3.77. The van der Waals surface area contributed by atoms with Gasteiger partial charge in [-0.2, -0.15) is 5.10 Å². The maximum absolute atomic E-state index is 12.8. The van der Waals surface area contributed by atoms with Crippen LogP contribution in [-0.2, 0) is 17.9 Å². The smallest absolute Gasteiger partial charge is 0.224 e. The fraction of sp³-hybridized carbons (Fsp3) is 0.474. The largest absolute Gasteiger partial charge is 0.340 e. The zero-order valence-corrected chi connectivity index (χ0v) is 14.9. The molecule has 7 nitrogen and oxygen atoms in total. The lowest BCUT2D eigenvalue weighted by atomic mass is 9.99. The van der Waals surface area contributed by atoms with Crippen molar-refractivity contribution in [3.63, 3.8) is 0 Å². The number of nitrogens with zero attached hydrogens (tertiary/aromatic N) is 6. The van der Waals surface area contributed by atoms with E-state index in [1.807, 2.05) is 45.9 Å². The van der Waals surface area contributed by atoms with E-state index < -0.39 is 0 Å². The van der Waals surface area contributed by atoms with Crippen molar-refractivity contribution in [3.05, 3.63) is 42.7 Å². The Kier molecular flexibility index (Phi) is 4.95. The molecule has 0 bridgehead atoms. The standard InChI is InChI=1S/C19H24N6O/c26-19(10-15-25-18-8-2-1-7-17(18)21-22-25)24-13-4-3-6-16(24)9-14-23-12-5-11-20-23/h1-2,5,7-8,11-12,16H,3-4,6,9-10,13-15H2/t16-/m0/s1. The minimum Gasteiger partial charge on any atom is -0.340 e. The maximum Gasteiger partial charge on any atom is 0.224 e. The molecule has 1 aliphatic heterocycles. The summed E-state index contributed by atoms with van der Waals surface area (Å²) in [6.45, 7) is 2.29. The number of fused-ring (bicyclic) bond motifs is 1. The number of amides is 1. The molecule has 1 atom stereocenters. The third-order valence-electron chi connectivity index (χ3n) is 5.16. The summed E-state index contributed by atoms with van der Waals surface area (Å²) in [6, 6.07) is 10.1. The van der Waals surface area contributed by atoms with Crippen molar-refractivity contribution in [1.82, 2.24) is 29.7 Å². The predicted octanol–water partition coefficient (Wildman–Crippen LogP) is 2.49. The van der Waals surface area contributed by atoms with E-state index in [1.54, 1.807) is 6.20 Å². The number of para-hydroxylation sites is 1. The first kappa shape index (κ1) is 16.8.